The fourth-order valence-corrected chi connectivity index (χ4v) is 2.11. The number of carboxylic acids is 1. The molecule has 1 aromatic carbocycles. The van der Waals surface area contributed by atoms with Gasteiger partial charge in [0.1, 0.15) is 6.04 Å². The van der Waals surface area contributed by atoms with E-state index in [0.29, 0.717) is 24.0 Å². The first-order valence-electron chi connectivity index (χ1n) is 5.65. The van der Waals surface area contributed by atoms with Gasteiger partial charge in [-0.05, 0) is 18.6 Å². The highest BCUT2D eigenvalue weighted by Crippen LogP contribution is 2.23. The number of anilines is 1. The number of hydrogen-bond acceptors (Lipinski definition) is 4. The molecule has 2 aromatic rings. The lowest BCUT2D eigenvalue weighted by molar-refractivity contribution is -0.140. The van der Waals surface area contributed by atoms with Crippen LogP contribution in [0.4, 0.5) is 5.82 Å². The Morgan fingerprint density at radius 1 is 1.44 bits per heavy atom. The predicted octanol–water partition coefficient (Wildman–Crippen LogP) is 0.586. The van der Waals surface area contributed by atoms with Crippen LogP contribution >= 0.6 is 0 Å². The number of nitrogens with one attached hydrogen (secondary N) is 1. The maximum absolute atomic E-state index is 11.9. The van der Waals surface area contributed by atoms with Gasteiger partial charge in [0.2, 0.25) is 0 Å². The smallest absolute Gasteiger partial charge is 0.326 e. The van der Waals surface area contributed by atoms with E-state index in [0.717, 1.165) is 0 Å². The second-order valence-corrected chi connectivity index (χ2v) is 4.24. The zero-order chi connectivity index (χ0) is 12.7. The molecule has 0 bridgehead atoms. The molecule has 18 heavy (non-hydrogen) atoms. The number of aliphatic carboxylic acids is 1. The van der Waals surface area contributed by atoms with E-state index < -0.39 is 12.0 Å². The molecule has 6 nitrogen and oxygen atoms in total. The van der Waals surface area contributed by atoms with Gasteiger partial charge in [0, 0.05) is 6.54 Å². The van der Waals surface area contributed by atoms with Gasteiger partial charge in [0.15, 0.2) is 5.82 Å². The molecule has 0 radical (unpaired) electrons. The minimum atomic E-state index is -0.921. The lowest BCUT2D eigenvalue weighted by Gasteiger charge is -2.38. The Hall–Kier alpha value is -2.37. The van der Waals surface area contributed by atoms with E-state index in [1.807, 2.05) is 12.1 Å². The summed E-state index contributed by atoms with van der Waals surface area (Å²) in [5.41, 5.74) is 0.960. The van der Waals surface area contributed by atoms with Crippen LogP contribution in [0.3, 0.4) is 0 Å². The second kappa shape index (κ2) is 3.83. The van der Waals surface area contributed by atoms with Gasteiger partial charge < -0.3 is 15.0 Å². The Kier molecular flexibility index (Phi) is 2.29. The van der Waals surface area contributed by atoms with Crippen molar-refractivity contribution in [1.82, 2.24) is 9.97 Å². The average Bonchev–Trinajstić information content (AvgIpc) is 2.27. The normalized spacial score (nSPS) is 18.7. The molecule has 6 heteroatoms. The van der Waals surface area contributed by atoms with Gasteiger partial charge >= 0.3 is 5.97 Å². The summed E-state index contributed by atoms with van der Waals surface area (Å²) in [5, 5.41) is 8.99. The van der Waals surface area contributed by atoms with Gasteiger partial charge in [-0.2, -0.15) is 0 Å². The number of nitrogens with zero attached hydrogens (tertiary/aromatic N) is 2. The topological polar surface area (TPSA) is 86.3 Å². The van der Waals surface area contributed by atoms with Crippen molar-refractivity contribution in [2.75, 3.05) is 11.4 Å². The van der Waals surface area contributed by atoms with Gasteiger partial charge in [-0.15, -0.1) is 0 Å². The second-order valence-electron chi connectivity index (χ2n) is 4.24. The SMILES string of the molecule is O=C(O)[C@@H]1CCN1c1nc2ccccc2[nH]c1=O. The van der Waals surface area contributed by atoms with Crippen molar-refractivity contribution in [3.63, 3.8) is 0 Å². The lowest BCUT2D eigenvalue weighted by atomic mass is 10.0. The Morgan fingerprint density at radius 3 is 2.89 bits per heavy atom. The molecule has 1 fully saturated rings. The van der Waals surface area contributed by atoms with Crippen LogP contribution in [0.2, 0.25) is 0 Å². The lowest BCUT2D eigenvalue weighted by Crippen LogP contribution is -2.54. The molecule has 2 heterocycles. The Bertz CT molecular complexity index is 680. The fraction of sp³-hybridized carbons (Fsp3) is 0.250. The summed E-state index contributed by atoms with van der Waals surface area (Å²) < 4.78 is 0. The molecule has 0 unspecified atom stereocenters. The van der Waals surface area contributed by atoms with Crippen LogP contribution in [-0.2, 0) is 4.79 Å². The molecule has 1 aromatic heterocycles. The summed E-state index contributed by atoms with van der Waals surface area (Å²) in [5.74, 6) is -0.733. The van der Waals surface area contributed by atoms with E-state index in [4.69, 9.17) is 5.11 Å². The third kappa shape index (κ3) is 1.54. The molecule has 1 aliphatic heterocycles. The maximum Gasteiger partial charge on any atom is 0.326 e. The summed E-state index contributed by atoms with van der Waals surface area (Å²) in [6.07, 6.45) is 0.545. The van der Waals surface area contributed by atoms with Crippen molar-refractivity contribution in [2.24, 2.45) is 0 Å². The number of H-pyrrole nitrogens is 1. The highest BCUT2D eigenvalue weighted by Gasteiger charge is 2.36. The van der Waals surface area contributed by atoms with Crippen molar-refractivity contribution in [3.05, 3.63) is 34.6 Å². The molecule has 1 atom stereocenters. The minimum absolute atomic E-state index is 0.187. The number of carboxylic acid groups (broad SMARTS) is 1. The number of carbonyl (C=O) groups is 1. The molecular formula is C12H11N3O3. The number of hydrogen-bond donors (Lipinski definition) is 2. The van der Waals surface area contributed by atoms with Crippen molar-refractivity contribution in [2.45, 2.75) is 12.5 Å². The Balaban J connectivity index is 2.10. The van der Waals surface area contributed by atoms with Gasteiger partial charge in [-0.25, -0.2) is 9.78 Å². The van der Waals surface area contributed by atoms with Crippen LogP contribution in [-0.4, -0.2) is 33.6 Å². The number of aromatic nitrogens is 2. The minimum Gasteiger partial charge on any atom is -0.480 e. The molecule has 1 aliphatic rings. The molecule has 3 rings (SSSR count). The van der Waals surface area contributed by atoms with E-state index in [-0.39, 0.29) is 11.4 Å². The van der Waals surface area contributed by atoms with E-state index in [1.165, 1.54) is 4.90 Å². The zero-order valence-corrected chi connectivity index (χ0v) is 9.46. The zero-order valence-electron chi connectivity index (χ0n) is 9.46. The Morgan fingerprint density at radius 2 is 2.22 bits per heavy atom. The van der Waals surface area contributed by atoms with Gasteiger partial charge in [0.25, 0.3) is 5.56 Å². The number of para-hydroxylation sites is 2. The number of rotatable bonds is 2. The first-order valence-corrected chi connectivity index (χ1v) is 5.65. The summed E-state index contributed by atoms with van der Waals surface area (Å²) in [7, 11) is 0. The van der Waals surface area contributed by atoms with Crippen LogP contribution in [0.1, 0.15) is 6.42 Å². The highest BCUT2D eigenvalue weighted by molar-refractivity contribution is 5.81. The third-order valence-electron chi connectivity index (χ3n) is 3.16. The first-order chi connectivity index (χ1) is 8.66. The standard InChI is InChI=1S/C12H11N3O3/c16-11-10(15-6-5-9(15)12(17)18)13-7-3-1-2-4-8(7)14-11/h1-4,9H,5-6H2,(H,14,16)(H,17,18)/t9-/m0/s1. The van der Waals surface area contributed by atoms with E-state index in [2.05, 4.69) is 9.97 Å². The molecular weight excluding hydrogens is 234 g/mol. The number of fused-ring (bicyclic) bond motifs is 1. The number of aromatic amines is 1. The predicted molar refractivity (Wildman–Crippen MR) is 65.8 cm³/mol. The fourth-order valence-electron chi connectivity index (χ4n) is 2.11. The van der Waals surface area contributed by atoms with Crippen LogP contribution in [0.5, 0.6) is 0 Å². The quantitative estimate of drug-likeness (QED) is 0.808. The van der Waals surface area contributed by atoms with Crippen molar-refractivity contribution in [3.8, 4) is 0 Å². The largest absolute Gasteiger partial charge is 0.480 e. The van der Waals surface area contributed by atoms with Crippen LogP contribution in [0.25, 0.3) is 11.0 Å². The van der Waals surface area contributed by atoms with Gasteiger partial charge in [-0.3, -0.25) is 4.79 Å². The van der Waals surface area contributed by atoms with Crippen LogP contribution in [0, 0.1) is 0 Å². The van der Waals surface area contributed by atoms with Crippen molar-refractivity contribution >= 4 is 22.8 Å². The van der Waals surface area contributed by atoms with Gasteiger partial charge in [-0.1, -0.05) is 12.1 Å². The van der Waals surface area contributed by atoms with E-state index in [9.17, 15) is 9.59 Å². The van der Waals surface area contributed by atoms with E-state index >= 15 is 0 Å². The van der Waals surface area contributed by atoms with E-state index in [1.54, 1.807) is 12.1 Å². The molecule has 0 spiro atoms. The molecule has 1 saturated heterocycles. The summed E-state index contributed by atoms with van der Waals surface area (Å²) in [6, 6.07) is 6.54. The molecule has 92 valence electrons. The molecule has 0 aliphatic carbocycles. The van der Waals surface area contributed by atoms with Crippen LogP contribution < -0.4 is 10.5 Å². The van der Waals surface area contributed by atoms with Gasteiger partial charge in [0.05, 0.1) is 11.0 Å². The Labute approximate surface area is 102 Å². The number of benzene rings is 1. The molecule has 2 N–H and O–H groups in total. The van der Waals surface area contributed by atoms with Crippen molar-refractivity contribution in [1.29, 1.82) is 0 Å². The monoisotopic (exact) mass is 245 g/mol. The van der Waals surface area contributed by atoms with Crippen molar-refractivity contribution < 1.29 is 9.90 Å². The highest BCUT2D eigenvalue weighted by atomic mass is 16.4. The summed E-state index contributed by atoms with van der Waals surface area (Å²) >= 11 is 0. The maximum atomic E-state index is 11.9. The molecule has 0 amide bonds. The summed E-state index contributed by atoms with van der Waals surface area (Å²) in [4.78, 5) is 31.3. The third-order valence-corrected chi connectivity index (χ3v) is 3.16. The molecule has 0 saturated carbocycles. The summed E-state index contributed by atoms with van der Waals surface area (Å²) in [6.45, 7) is 0.547. The average molecular weight is 245 g/mol. The van der Waals surface area contributed by atoms with Crippen LogP contribution in [0.15, 0.2) is 29.1 Å². The first kappa shape index (κ1) is 10.8.